The highest BCUT2D eigenvalue weighted by Crippen LogP contribution is 2.28. The van der Waals surface area contributed by atoms with Crippen LogP contribution < -0.4 is 0 Å². The number of piperidine rings is 1. The second kappa shape index (κ2) is 6.22. The van der Waals surface area contributed by atoms with Crippen LogP contribution in [-0.4, -0.2) is 47.7 Å². The van der Waals surface area contributed by atoms with Crippen LogP contribution in [0.5, 0.6) is 0 Å². The lowest BCUT2D eigenvalue weighted by atomic mass is 9.92. The summed E-state index contributed by atoms with van der Waals surface area (Å²) in [6.07, 6.45) is 1.23. The van der Waals surface area contributed by atoms with E-state index in [1.54, 1.807) is 0 Å². The zero-order valence-electron chi connectivity index (χ0n) is 13.2. The molecule has 0 bridgehead atoms. The number of rotatable bonds is 3. The molecule has 2 aliphatic rings. The Morgan fingerprint density at radius 3 is 2.57 bits per heavy atom. The monoisotopic (exact) mass is 338 g/mol. The number of nitrogens with zero attached hydrogens (tertiary/aromatic N) is 2. The van der Waals surface area contributed by atoms with Gasteiger partial charge in [0.15, 0.2) is 0 Å². The molecule has 1 N–H and O–H groups in total. The first kappa shape index (κ1) is 16.4. The van der Waals surface area contributed by atoms with Crippen molar-refractivity contribution in [2.24, 2.45) is 11.8 Å². The second-order valence-corrected chi connectivity index (χ2v) is 8.48. The molecule has 7 heteroatoms. The van der Waals surface area contributed by atoms with Crippen LogP contribution in [0.25, 0.3) is 0 Å². The van der Waals surface area contributed by atoms with Gasteiger partial charge in [0, 0.05) is 26.2 Å². The zero-order valence-corrected chi connectivity index (χ0v) is 14.0. The maximum Gasteiger partial charge on any atom is 0.307 e. The van der Waals surface area contributed by atoms with Crippen molar-refractivity contribution in [2.45, 2.75) is 26.3 Å². The fourth-order valence-electron chi connectivity index (χ4n) is 3.50. The molecule has 0 aliphatic carbocycles. The van der Waals surface area contributed by atoms with Gasteiger partial charge in [-0.1, -0.05) is 31.2 Å². The summed E-state index contributed by atoms with van der Waals surface area (Å²) in [5, 5.41) is 9.24. The molecule has 3 rings (SSSR count). The highest BCUT2D eigenvalue weighted by atomic mass is 32.2. The lowest BCUT2D eigenvalue weighted by Crippen LogP contribution is -2.52. The third-order valence-electron chi connectivity index (χ3n) is 4.72. The molecule has 23 heavy (non-hydrogen) atoms. The fraction of sp³-hybridized carbons (Fsp3) is 0.562. The number of fused-ring (bicyclic) bond motifs is 1. The minimum absolute atomic E-state index is 0.0525. The van der Waals surface area contributed by atoms with Gasteiger partial charge < -0.3 is 5.11 Å². The van der Waals surface area contributed by atoms with E-state index in [2.05, 4.69) is 0 Å². The number of carboxylic acids is 1. The summed E-state index contributed by atoms with van der Waals surface area (Å²) in [6, 6.07) is 7.86. The number of aliphatic carboxylic acids is 1. The number of benzene rings is 1. The molecule has 0 spiro atoms. The Hall–Kier alpha value is -1.44. The van der Waals surface area contributed by atoms with Crippen molar-refractivity contribution in [3.05, 3.63) is 35.4 Å². The fourth-order valence-corrected chi connectivity index (χ4v) is 5.26. The molecule has 0 saturated carbocycles. The van der Waals surface area contributed by atoms with Crippen molar-refractivity contribution in [3.8, 4) is 0 Å². The molecule has 6 nitrogen and oxygen atoms in total. The molecule has 2 unspecified atom stereocenters. The minimum Gasteiger partial charge on any atom is -0.481 e. The highest BCUT2D eigenvalue weighted by Gasteiger charge is 2.39. The van der Waals surface area contributed by atoms with E-state index in [1.807, 2.05) is 31.2 Å². The molecule has 1 aromatic carbocycles. The van der Waals surface area contributed by atoms with Crippen molar-refractivity contribution in [3.63, 3.8) is 0 Å². The standard InChI is InChI=1S/C16H22N2O4S/c1-12-8-15(16(19)20)11-18(9-12)23(21,22)17-7-6-13-4-2-3-5-14(13)10-17/h2-5,12,15H,6-11H2,1H3,(H,19,20). The summed E-state index contributed by atoms with van der Waals surface area (Å²) < 4.78 is 28.7. The normalized spacial score (nSPS) is 26.7. The third kappa shape index (κ3) is 3.27. The summed E-state index contributed by atoms with van der Waals surface area (Å²) in [6.45, 7) is 3.18. The predicted octanol–water partition coefficient (Wildman–Crippen LogP) is 1.33. The minimum atomic E-state index is -3.62. The highest BCUT2D eigenvalue weighted by molar-refractivity contribution is 7.86. The van der Waals surface area contributed by atoms with Gasteiger partial charge in [-0.05, 0) is 29.9 Å². The first-order valence-electron chi connectivity index (χ1n) is 7.92. The van der Waals surface area contributed by atoms with Gasteiger partial charge in [0.1, 0.15) is 0 Å². The Labute approximate surface area is 136 Å². The lowest BCUT2D eigenvalue weighted by molar-refractivity contribution is -0.143. The number of carboxylic acid groups (broad SMARTS) is 1. The molecule has 0 amide bonds. The van der Waals surface area contributed by atoms with Crippen LogP contribution in [-0.2, 0) is 28.0 Å². The summed E-state index contributed by atoms with van der Waals surface area (Å²) in [7, 11) is -3.62. The van der Waals surface area contributed by atoms with E-state index in [9.17, 15) is 18.3 Å². The molecule has 2 atom stereocenters. The largest absolute Gasteiger partial charge is 0.481 e. The summed E-state index contributed by atoms with van der Waals surface area (Å²) in [5.74, 6) is -1.48. The topological polar surface area (TPSA) is 77.9 Å². The molecule has 1 fully saturated rings. The van der Waals surface area contributed by atoms with Crippen molar-refractivity contribution in [1.29, 1.82) is 0 Å². The predicted molar refractivity (Wildman–Crippen MR) is 86.0 cm³/mol. The summed E-state index contributed by atoms with van der Waals surface area (Å²) in [4.78, 5) is 11.3. The van der Waals surface area contributed by atoms with Crippen LogP contribution in [0.2, 0.25) is 0 Å². The van der Waals surface area contributed by atoms with Gasteiger partial charge in [0.05, 0.1) is 5.92 Å². The first-order valence-corrected chi connectivity index (χ1v) is 9.32. The van der Waals surface area contributed by atoms with Crippen LogP contribution in [0.3, 0.4) is 0 Å². The van der Waals surface area contributed by atoms with E-state index in [4.69, 9.17) is 0 Å². The maximum atomic E-state index is 12.9. The van der Waals surface area contributed by atoms with Gasteiger partial charge in [-0.3, -0.25) is 4.79 Å². The molecule has 1 aromatic rings. The van der Waals surface area contributed by atoms with Crippen molar-refractivity contribution in [1.82, 2.24) is 8.61 Å². The van der Waals surface area contributed by atoms with E-state index < -0.39 is 22.1 Å². The smallest absolute Gasteiger partial charge is 0.307 e. The van der Waals surface area contributed by atoms with Crippen LogP contribution in [0.4, 0.5) is 0 Å². The number of hydrogen-bond acceptors (Lipinski definition) is 3. The average molecular weight is 338 g/mol. The van der Waals surface area contributed by atoms with Gasteiger partial charge in [0.25, 0.3) is 10.2 Å². The van der Waals surface area contributed by atoms with Gasteiger partial charge >= 0.3 is 5.97 Å². The quantitative estimate of drug-likeness (QED) is 0.902. The SMILES string of the molecule is CC1CC(C(=O)O)CN(S(=O)(=O)N2CCc3ccccc3C2)C1. The van der Waals surface area contributed by atoms with E-state index in [-0.39, 0.29) is 12.5 Å². The van der Waals surface area contributed by atoms with Crippen molar-refractivity contribution in [2.75, 3.05) is 19.6 Å². The van der Waals surface area contributed by atoms with E-state index in [1.165, 1.54) is 14.2 Å². The van der Waals surface area contributed by atoms with Gasteiger partial charge in [-0.15, -0.1) is 0 Å². The first-order chi connectivity index (χ1) is 10.9. The van der Waals surface area contributed by atoms with Gasteiger partial charge in [0.2, 0.25) is 0 Å². The van der Waals surface area contributed by atoms with Crippen LogP contribution >= 0.6 is 0 Å². The Balaban J connectivity index is 1.80. The summed E-state index contributed by atoms with van der Waals surface area (Å²) >= 11 is 0. The molecule has 2 aliphatic heterocycles. The number of carbonyl (C=O) groups is 1. The molecular weight excluding hydrogens is 316 g/mol. The Kier molecular flexibility index (Phi) is 4.44. The molecule has 0 aromatic heterocycles. The van der Waals surface area contributed by atoms with E-state index in [0.717, 1.165) is 5.56 Å². The van der Waals surface area contributed by atoms with Crippen molar-refractivity contribution < 1.29 is 18.3 Å². The Bertz CT molecular complexity index is 704. The molecule has 1 saturated heterocycles. The summed E-state index contributed by atoms with van der Waals surface area (Å²) in [5.41, 5.74) is 2.22. The van der Waals surface area contributed by atoms with Crippen LogP contribution in [0.15, 0.2) is 24.3 Å². The number of hydrogen-bond donors (Lipinski definition) is 1. The Morgan fingerprint density at radius 2 is 1.87 bits per heavy atom. The van der Waals surface area contributed by atoms with E-state index >= 15 is 0 Å². The Morgan fingerprint density at radius 1 is 1.17 bits per heavy atom. The zero-order chi connectivity index (χ0) is 16.6. The van der Waals surface area contributed by atoms with Crippen LogP contribution in [0.1, 0.15) is 24.5 Å². The lowest BCUT2D eigenvalue weighted by Gasteiger charge is -2.38. The average Bonchev–Trinajstić information content (AvgIpc) is 2.53. The third-order valence-corrected chi connectivity index (χ3v) is 6.64. The molecule has 126 valence electrons. The second-order valence-electron chi connectivity index (χ2n) is 6.55. The molecule has 0 radical (unpaired) electrons. The van der Waals surface area contributed by atoms with Crippen LogP contribution in [0, 0.1) is 11.8 Å². The van der Waals surface area contributed by atoms with E-state index in [0.29, 0.717) is 32.5 Å². The molecular formula is C16H22N2O4S. The van der Waals surface area contributed by atoms with Gasteiger partial charge in [-0.2, -0.15) is 17.0 Å². The molecule has 2 heterocycles. The van der Waals surface area contributed by atoms with Gasteiger partial charge in [-0.25, -0.2) is 0 Å². The van der Waals surface area contributed by atoms with Crippen molar-refractivity contribution >= 4 is 16.2 Å². The maximum absolute atomic E-state index is 12.9.